The van der Waals surface area contributed by atoms with Crippen molar-refractivity contribution in [2.75, 3.05) is 0 Å². The number of nitrogens with zero attached hydrogens (tertiary/aromatic N) is 2. The lowest BCUT2D eigenvalue weighted by Gasteiger charge is -2.16. The average molecular weight is 645 g/mol. The van der Waals surface area contributed by atoms with Crippen molar-refractivity contribution >= 4 is 9.84 Å². The summed E-state index contributed by atoms with van der Waals surface area (Å²) in [5, 5.41) is 8.42. The Bertz CT molecular complexity index is 1950. The van der Waals surface area contributed by atoms with E-state index in [1.165, 1.54) is 19.9 Å². The minimum atomic E-state index is -4.96. The average Bonchev–Trinajstić information content (AvgIpc) is 3.40. The molecule has 44 heavy (non-hydrogen) atoms. The fourth-order valence-corrected chi connectivity index (χ4v) is 5.47. The largest absolute Gasteiger partial charge is 0.462 e. The Morgan fingerprint density at radius 3 is 2.18 bits per heavy atom. The molecule has 0 fully saturated rings. The summed E-state index contributed by atoms with van der Waals surface area (Å²) in [5.74, 6) is -2.44. The Kier molecular flexibility index (Phi) is 8.53. The Labute approximate surface area is 244 Å². The normalized spacial score (nSPS) is 12.5. The first-order chi connectivity index (χ1) is 20.3. The van der Waals surface area contributed by atoms with Crippen LogP contribution in [0.2, 0.25) is 0 Å². The van der Waals surface area contributed by atoms with Crippen LogP contribution in [0.5, 0.6) is 0 Å². The molecule has 0 radical (unpaired) electrons. The number of hydrogen-bond acceptors (Lipinski definition) is 5. The Morgan fingerprint density at radius 2 is 1.61 bits per heavy atom. The van der Waals surface area contributed by atoms with Crippen LogP contribution in [-0.2, 0) is 29.0 Å². The third-order valence-corrected chi connectivity index (χ3v) is 8.73. The number of pyridine rings is 1. The van der Waals surface area contributed by atoms with Gasteiger partial charge in [-0.25, -0.2) is 17.2 Å². The standard InChI is InChI=1S/C29H20F8N2O4S/c1-15(2)44(41,42)22-6-17(5-20(9-22)29(35,36)37)19-8-26(43-14-19)25-7-18(11-28(32,33)34)23(12-38)27(40)39(25)13-16-3-4-21(30)10-24(16)31/h3-10,14-15H,11,13H2,1-2H3. The second-order valence-corrected chi connectivity index (χ2v) is 12.5. The number of hydrogen-bond donors (Lipinski definition) is 0. The summed E-state index contributed by atoms with van der Waals surface area (Å²) < 4.78 is 141. The van der Waals surface area contributed by atoms with E-state index in [1.807, 2.05) is 0 Å². The summed E-state index contributed by atoms with van der Waals surface area (Å²) in [6, 6.07) is 7.70. The predicted octanol–water partition coefficient (Wildman–Crippen LogP) is 7.28. The number of furan rings is 1. The van der Waals surface area contributed by atoms with Gasteiger partial charge in [0.2, 0.25) is 0 Å². The van der Waals surface area contributed by atoms with Gasteiger partial charge in [0.25, 0.3) is 5.56 Å². The van der Waals surface area contributed by atoms with E-state index < -0.39 is 84.9 Å². The Hall–Kier alpha value is -4.45. The quantitative estimate of drug-likeness (QED) is 0.197. The molecule has 2 aromatic carbocycles. The van der Waals surface area contributed by atoms with E-state index >= 15 is 0 Å². The van der Waals surface area contributed by atoms with E-state index in [2.05, 4.69) is 0 Å². The van der Waals surface area contributed by atoms with Gasteiger partial charge in [-0.15, -0.1) is 0 Å². The van der Waals surface area contributed by atoms with Crippen LogP contribution in [0.3, 0.4) is 0 Å². The van der Waals surface area contributed by atoms with Gasteiger partial charge in [0.05, 0.1) is 40.6 Å². The lowest BCUT2D eigenvalue weighted by molar-refractivity contribution is -0.137. The molecule has 0 N–H and O–H groups in total. The van der Waals surface area contributed by atoms with E-state index in [0.29, 0.717) is 22.8 Å². The second kappa shape index (κ2) is 11.6. The van der Waals surface area contributed by atoms with E-state index in [1.54, 1.807) is 0 Å². The highest BCUT2D eigenvalue weighted by Gasteiger charge is 2.34. The van der Waals surface area contributed by atoms with Crippen molar-refractivity contribution in [3.63, 3.8) is 0 Å². The fourth-order valence-electron chi connectivity index (χ4n) is 4.34. The Morgan fingerprint density at radius 1 is 0.932 bits per heavy atom. The van der Waals surface area contributed by atoms with Crippen molar-refractivity contribution in [3.05, 3.63) is 99.0 Å². The smallest absolute Gasteiger partial charge is 0.416 e. The molecule has 6 nitrogen and oxygen atoms in total. The highest BCUT2D eigenvalue weighted by atomic mass is 32.2. The second-order valence-electron chi connectivity index (χ2n) is 10.00. The molecule has 0 aliphatic rings. The van der Waals surface area contributed by atoms with Crippen molar-refractivity contribution in [3.8, 4) is 28.7 Å². The van der Waals surface area contributed by atoms with Crippen LogP contribution in [0.25, 0.3) is 22.6 Å². The number of nitriles is 1. The van der Waals surface area contributed by atoms with Gasteiger partial charge in [0.15, 0.2) is 15.6 Å². The zero-order valence-electron chi connectivity index (χ0n) is 22.6. The maximum absolute atomic E-state index is 14.5. The molecule has 0 atom stereocenters. The Balaban J connectivity index is 1.96. The van der Waals surface area contributed by atoms with Crippen LogP contribution in [-0.4, -0.2) is 24.4 Å². The first-order valence-corrected chi connectivity index (χ1v) is 14.1. The zero-order chi connectivity index (χ0) is 32.8. The van der Waals surface area contributed by atoms with Gasteiger partial charge < -0.3 is 4.42 Å². The van der Waals surface area contributed by atoms with Crippen molar-refractivity contribution in [2.45, 2.75) is 49.3 Å². The number of alkyl halides is 6. The van der Waals surface area contributed by atoms with Gasteiger partial charge >= 0.3 is 12.4 Å². The zero-order valence-corrected chi connectivity index (χ0v) is 23.5. The molecule has 4 aromatic rings. The summed E-state index contributed by atoms with van der Waals surface area (Å²) in [5.41, 5.74) is -5.33. The van der Waals surface area contributed by atoms with Crippen LogP contribution in [0, 0.1) is 23.0 Å². The number of rotatable bonds is 7. The lowest BCUT2D eigenvalue weighted by atomic mass is 10.0. The lowest BCUT2D eigenvalue weighted by Crippen LogP contribution is -2.28. The summed E-state index contributed by atoms with van der Waals surface area (Å²) >= 11 is 0. The maximum atomic E-state index is 14.5. The molecule has 0 aliphatic carbocycles. The monoisotopic (exact) mass is 644 g/mol. The number of halogens is 8. The first kappa shape index (κ1) is 32.5. The summed E-state index contributed by atoms with van der Waals surface area (Å²) in [6.45, 7) is 1.85. The predicted molar refractivity (Wildman–Crippen MR) is 141 cm³/mol. The van der Waals surface area contributed by atoms with E-state index in [4.69, 9.17) is 4.42 Å². The highest BCUT2D eigenvalue weighted by Crippen LogP contribution is 2.37. The third-order valence-electron chi connectivity index (χ3n) is 6.60. The number of sulfone groups is 1. The molecule has 0 saturated carbocycles. The summed E-state index contributed by atoms with van der Waals surface area (Å²) in [6.07, 6.45) is -10.6. The van der Waals surface area contributed by atoms with Crippen LogP contribution >= 0.6 is 0 Å². The van der Waals surface area contributed by atoms with Gasteiger partial charge in [0.1, 0.15) is 23.3 Å². The van der Waals surface area contributed by atoms with Crippen molar-refractivity contribution in [1.29, 1.82) is 5.26 Å². The fraction of sp³-hybridized carbons (Fsp3) is 0.241. The third kappa shape index (κ3) is 6.70. The van der Waals surface area contributed by atoms with Gasteiger partial charge in [-0.1, -0.05) is 6.07 Å². The first-order valence-electron chi connectivity index (χ1n) is 12.5. The van der Waals surface area contributed by atoms with Crippen LogP contribution in [0.15, 0.2) is 68.9 Å². The molecule has 2 aromatic heterocycles. The maximum Gasteiger partial charge on any atom is 0.416 e. The van der Waals surface area contributed by atoms with Crippen molar-refractivity contribution in [1.82, 2.24) is 4.57 Å². The van der Waals surface area contributed by atoms with E-state index in [0.717, 1.165) is 36.6 Å². The van der Waals surface area contributed by atoms with E-state index in [-0.39, 0.29) is 22.5 Å². The minimum Gasteiger partial charge on any atom is -0.462 e. The molecule has 232 valence electrons. The molecule has 0 unspecified atom stereocenters. The molecule has 0 spiro atoms. The summed E-state index contributed by atoms with van der Waals surface area (Å²) in [7, 11) is -4.20. The molecular formula is C29H20F8N2O4S. The van der Waals surface area contributed by atoms with E-state index in [9.17, 15) is 53.6 Å². The van der Waals surface area contributed by atoms with Gasteiger partial charge in [-0.3, -0.25) is 9.36 Å². The van der Waals surface area contributed by atoms with Crippen molar-refractivity contribution in [2.24, 2.45) is 0 Å². The van der Waals surface area contributed by atoms with Crippen molar-refractivity contribution < 1.29 is 48.0 Å². The highest BCUT2D eigenvalue weighted by molar-refractivity contribution is 7.92. The molecule has 0 amide bonds. The molecule has 0 bridgehead atoms. The van der Waals surface area contributed by atoms with Crippen LogP contribution in [0.4, 0.5) is 35.1 Å². The van der Waals surface area contributed by atoms with Gasteiger partial charge in [0, 0.05) is 17.2 Å². The molecular weight excluding hydrogens is 624 g/mol. The van der Waals surface area contributed by atoms with Gasteiger partial charge in [-0.2, -0.15) is 31.6 Å². The topological polar surface area (TPSA) is 93.1 Å². The molecule has 15 heteroatoms. The minimum absolute atomic E-state index is 0.139. The SMILES string of the molecule is CC(C)S(=O)(=O)c1cc(-c2coc(-c3cc(CC(F)(F)F)c(C#N)c(=O)n3Cc3ccc(F)cc3F)c2)cc(C(F)(F)F)c1. The molecule has 0 saturated heterocycles. The summed E-state index contributed by atoms with van der Waals surface area (Å²) in [4.78, 5) is 12.6. The van der Waals surface area contributed by atoms with Crippen LogP contribution in [0.1, 0.15) is 36.1 Å². The number of benzene rings is 2. The van der Waals surface area contributed by atoms with Crippen LogP contribution < -0.4 is 5.56 Å². The molecule has 4 rings (SSSR count). The van der Waals surface area contributed by atoms with Gasteiger partial charge in [-0.05, 0) is 61.4 Å². The number of aromatic nitrogens is 1. The molecule has 2 heterocycles. The molecule has 0 aliphatic heterocycles.